The van der Waals surface area contributed by atoms with Crippen molar-refractivity contribution in [1.82, 2.24) is 15.1 Å². The number of piperidine rings is 1. The van der Waals surface area contributed by atoms with Crippen LogP contribution >= 0.6 is 12.4 Å². The summed E-state index contributed by atoms with van der Waals surface area (Å²) in [5.41, 5.74) is 0.482. The highest BCUT2D eigenvalue weighted by Crippen LogP contribution is 2.37. The van der Waals surface area contributed by atoms with Crippen LogP contribution in [0.4, 0.5) is 0 Å². The van der Waals surface area contributed by atoms with Crippen molar-refractivity contribution in [3.63, 3.8) is 0 Å². The van der Waals surface area contributed by atoms with Crippen molar-refractivity contribution in [2.45, 2.75) is 57.4 Å². The van der Waals surface area contributed by atoms with Gasteiger partial charge in [-0.15, -0.1) is 12.4 Å². The fourth-order valence-corrected chi connectivity index (χ4v) is 5.52. The molecule has 1 saturated carbocycles. The lowest BCUT2D eigenvalue weighted by Gasteiger charge is -2.44. The fourth-order valence-electron chi connectivity index (χ4n) is 5.52. The van der Waals surface area contributed by atoms with Crippen LogP contribution in [-0.2, 0) is 4.79 Å². The Bertz CT molecular complexity index is 422. The summed E-state index contributed by atoms with van der Waals surface area (Å²) < 4.78 is 0. The average molecular weight is 342 g/mol. The first-order chi connectivity index (χ1) is 10.8. The van der Waals surface area contributed by atoms with Crippen LogP contribution in [0.1, 0.15) is 51.4 Å². The van der Waals surface area contributed by atoms with Gasteiger partial charge in [-0.3, -0.25) is 9.69 Å². The number of nitrogens with one attached hydrogen (secondary N) is 1. The number of rotatable bonds is 2. The lowest BCUT2D eigenvalue weighted by atomic mass is 9.78. The highest BCUT2D eigenvalue weighted by atomic mass is 35.5. The molecular weight excluding hydrogens is 310 g/mol. The minimum atomic E-state index is 0. The predicted octanol–water partition coefficient (Wildman–Crippen LogP) is 2.27. The Balaban J connectivity index is 0.00000156. The number of carbonyl (C=O) groups excluding carboxylic acids is 1. The zero-order chi connectivity index (χ0) is 15.0. The number of hydrogen-bond acceptors (Lipinski definition) is 3. The van der Waals surface area contributed by atoms with E-state index in [1.165, 1.54) is 51.4 Å². The van der Waals surface area contributed by atoms with Crippen LogP contribution in [0.25, 0.3) is 0 Å². The van der Waals surface area contributed by atoms with E-state index in [4.69, 9.17) is 0 Å². The van der Waals surface area contributed by atoms with Gasteiger partial charge < -0.3 is 10.2 Å². The predicted molar refractivity (Wildman–Crippen MR) is 94.9 cm³/mol. The number of nitrogens with zero attached hydrogens (tertiary/aromatic N) is 2. The van der Waals surface area contributed by atoms with E-state index in [9.17, 15) is 4.79 Å². The van der Waals surface area contributed by atoms with E-state index in [1.54, 1.807) is 0 Å². The quantitative estimate of drug-likeness (QED) is 0.837. The van der Waals surface area contributed by atoms with Crippen molar-refractivity contribution < 1.29 is 4.79 Å². The molecule has 0 aromatic heterocycles. The summed E-state index contributed by atoms with van der Waals surface area (Å²) in [5.74, 6) is 1.22. The minimum absolute atomic E-state index is 0. The summed E-state index contributed by atoms with van der Waals surface area (Å²) in [6.07, 6.45) is 10.5. The van der Waals surface area contributed by atoms with Gasteiger partial charge in [-0.25, -0.2) is 0 Å². The Morgan fingerprint density at radius 1 is 1.09 bits per heavy atom. The third kappa shape index (κ3) is 3.54. The monoisotopic (exact) mass is 341 g/mol. The summed E-state index contributed by atoms with van der Waals surface area (Å²) >= 11 is 0. The molecule has 1 N–H and O–H groups in total. The molecule has 1 aliphatic carbocycles. The highest BCUT2D eigenvalue weighted by molar-refractivity contribution is 5.85. The minimum Gasteiger partial charge on any atom is -0.338 e. The number of likely N-dealkylation sites (tertiary alicyclic amines) is 2. The second kappa shape index (κ2) is 7.28. The summed E-state index contributed by atoms with van der Waals surface area (Å²) in [5, 5.41) is 3.51. The van der Waals surface area contributed by atoms with Gasteiger partial charge in [-0.05, 0) is 62.9 Å². The molecule has 0 aromatic carbocycles. The van der Waals surface area contributed by atoms with Gasteiger partial charge >= 0.3 is 0 Å². The molecular formula is C18H32ClN3O. The number of fused-ring (bicyclic) bond motifs is 1. The first kappa shape index (κ1) is 17.5. The van der Waals surface area contributed by atoms with E-state index in [0.29, 0.717) is 23.9 Å². The van der Waals surface area contributed by atoms with Gasteiger partial charge in [0.25, 0.3) is 0 Å². The average Bonchev–Trinajstić information content (AvgIpc) is 3.17. The zero-order valence-corrected chi connectivity index (χ0v) is 15.1. The standard InChI is InChI=1S/C18H31N3O.ClH/c22-17(12-20-11-8-18(14-20)7-9-19-13-18)21-10-3-5-15-4-1-2-6-16(15)21;/h15-16,19H,1-14H2;1H. The van der Waals surface area contributed by atoms with E-state index < -0.39 is 0 Å². The van der Waals surface area contributed by atoms with Crippen LogP contribution < -0.4 is 5.32 Å². The number of amides is 1. The molecule has 132 valence electrons. The van der Waals surface area contributed by atoms with Gasteiger partial charge in [0, 0.05) is 25.7 Å². The first-order valence-corrected chi connectivity index (χ1v) is 9.48. The molecule has 3 unspecified atom stereocenters. The van der Waals surface area contributed by atoms with E-state index in [2.05, 4.69) is 15.1 Å². The Hall–Kier alpha value is -0.320. The van der Waals surface area contributed by atoms with Crippen molar-refractivity contribution in [2.24, 2.45) is 11.3 Å². The molecule has 4 aliphatic rings. The van der Waals surface area contributed by atoms with E-state index in [-0.39, 0.29) is 12.4 Å². The molecule has 4 nitrogen and oxygen atoms in total. The van der Waals surface area contributed by atoms with Crippen LogP contribution in [0.15, 0.2) is 0 Å². The van der Waals surface area contributed by atoms with Gasteiger partial charge in [0.15, 0.2) is 0 Å². The van der Waals surface area contributed by atoms with Gasteiger partial charge in [-0.1, -0.05) is 12.8 Å². The summed E-state index contributed by atoms with van der Waals surface area (Å²) in [4.78, 5) is 17.6. The van der Waals surface area contributed by atoms with Crippen molar-refractivity contribution in [3.8, 4) is 0 Å². The van der Waals surface area contributed by atoms with Gasteiger partial charge in [0.05, 0.1) is 6.54 Å². The summed E-state index contributed by atoms with van der Waals surface area (Å²) in [7, 11) is 0. The molecule has 1 amide bonds. The molecule has 23 heavy (non-hydrogen) atoms. The SMILES string of the molecule is Cl.O=C(CN1CCC2(CCNC2)C1)N1CCCC2CCCCC21. The second-order valence-electron chi connectivity index (χ2n) is 8.23. The molecule has 5 heteroatoms. The lowest BCUT2D eigenvalue weighted by molar-refractivity contribution is -0.138. The van der Waals surface area contributed by atoms with Crippen LogP contribution in [-0.4, -0.2) is 61.0 Å². The Morgan fingerprint density at radius 3 is 2.74 bits per heavy atom. The maximum atomic E-state index is 12.9. The molecule has 3 heterocycles. The fraction of sp³-hybridized carbons (Fsp3) is 0.944. The number of carbonyl (C=O) groups is 1. The van der Waals surface area contributed by atoms with Crippen LogP contribution in [0.2, 0.25) is 0 Å². The topological polar surface area (TPSA) is 35.6 Å². The molecule has 3 atom stereocenters. The maximum absolute atomic E-state index is 12.9. The van der Waals surface area contributed by atoms with Gasteiger partial charge in [0.2, 0.25) is 5.91 Å². The smallest absolute Gasteiger partial charge is 0.237 e. The summed E-state index contributed by atoms with van der Waals surface area (Å²) in [6, 6.07) is 0.569. The van der Waals surface area contributed by atoms with Crippen LogP contribution in [0.5, 0.6) is 0 Å². The van der Waals surface area contributed by atoms with Crippen molar-refractivity contribution in [2.75, 3.05) is 39.3 Å². The zero-order valence-electron chi connectivity index (χ0n) is 14.3. The molecule has 4 rings (SSSR count). The summed E-state index contributed by atoms with van der Waals surface area (Å²) in [6.45, 7) is 6.26. The molecule has 3 saturated heterocycles. The third-order valence-corrected chi connectivity index (χ3v) is 6.77. The van der Waals surface area contributed by atoms with Gasteiger partial charge in [-0.2, -0.15) is 0 Å². The Kier molecular flexibility index (Phi) is 5.54. The number of hydrogen-bond donors (Lipinski definition) is 1. The Labute approximate surface area is 146 Å². The molecule has 0 radical (unpaired) electrons. The number of halogens is 1. The largest absolute Gasteiger partial charge is 0.338 e. The van der Waals surface area contributed by atoms with Crippen molar-refractivity contribution in [3.05, 3.63) is 0 Å². The van der Waals surface area contributed by atoms with Crippen molar-refractivity contribution >= 4 is 18.3 Å². The maximum Gasteiger partial charge on any atom is 0.237 e. The molecule has 3 aliphatic heterocycles. The first-order valence-electron chi connectivity index (χ1n) is 9.48. The molecule has 0 bridgehead atoms. The van der Waals surface area contributed by atoms with E-state index in [0.717, 1.165) is 38.6 Å². The van der Waals surface area contributed by atoms with E-state index >= 15 is 0 Å². The lowest BCUT2D eigenvalue weighted by Crippen LogP contribution is -2.52. The van der Waals surface area contributed by atoms with Crippen LogP contribution in [0.3, 0.4) is 0 Å². The Morgan fingerprint density at radius 2 is 1.91 bits per heavy atom. The molecule has 0 aromatic rings. The highest BCUT2D eigenvalue weighted by Gasteiger charge is 2.42. The second-order valence-corrected chi connectivity index (χ2v) is 8.23. The van der Waals surface area contributed by atoms with Gasteiger partial charge in [0.1, 0.15) is 0 Å². The normalized spacial score (nSPS) is 37.7. The van der Waals surface area contributed by atoms with E-state index in [1.807, 2.05) is 0 Å². The van der Waals surface area contributed by atoms with Crippen LogP contribution in [0, 0.1) is 11.3 Å². The third-order valence-electron chi connectivity index (χ3n) is 6.77. The molecule has 4 fully saturated rings. The van der Waals surface area contributed by atoms with Crippen molar-refractivity contribution in [1.29, 1.82) is 0 Å². The molecule has 1 spiro atoms.